The van der Waals surface area contributed by atoms with Gasteiger partial charge in [0, 0.05) is 5.69 Å². The molecule has 0 aliphatic heterocycles. The number of ether oxygens (including phenoxy) is 1. The normalized spacial score (nSPS) is 10.2. The molecule has 0 fully saturated rings. The van der Waals surface area contributed by atoms with E-state index in [0.29, 0.717) is 11.3 Å². The number of benzene rings is 2. The van der Waals surface area contributed by atoms with Crippen LogP contribution in [0.1, 0.15) is 21.5 Å². The second kappa shape index (κ2) is 6.24. The number of aryl methyl sites for hydroxylation is 1. The van der Waals surface area contributed by atoms with Crippen LogP contribution in [0.4, 0.5) is 5.69 Å². The summed E-state index contributed by atoms with van der Waals surface area (Å²) in [6.07, 6.45) is 0. The van der Waals surface area contributed by atoms with Crippen molar-refractivity contribution in [1.82, 2.24) is 0 Å². The molecule has 0 atom stereocenters. The van der Waals surface area contributed by atoms with Crippen LogP contribution < -0.4 is 10.1 Å². The maximum atomic E-state index is 12.3. The molecule has 0 spiro atoms. The molecule has 3 nitrogen and oxygen atoms in total. The molecular weight excluding hydrogens is 250 g/mol. The Morgan fingerprint density at radius 2 is 1.80 bits per heavy atom. The summed E-state index contributed by atoms with van der Waals surface area (Å²) in [5, 5.41) is 3.12. The van der Waals surface area contributed by atoms with E-state index in [1.54, 1.807) is 7.11 Å². The van der Waals surface area contributed by atoms with Gasteiger partial charge in [0.1, 0.15) is 5.75 Å². The number of rotatable bonds is 5. The minimum atomic E-state index is 0.0220. The van der Waals surface area contributed by atoms with Crippen LogP contribution in [0.25, 0.3) is 0 Å². The second-order valence-electron chi connectivity index (χ2n) is 4.73. The van der Waals surface area contributed by atoms with Crippen LogP contribution in [0.15, 0.2) is 42.5 Å². The second-order valence-corrected chi connectivity index (χ2v) is 4.73. The Bertz CT molecular complexity index is 606. The molecule has 0 amide bonds. The molecule has 0 unspecified atom stereocenters. The molecule has 0 radical (unpaired) electrons. The van der Waals surface area contributed by atoms with Crippen molar-refractivity contribution in [2.45, 2.75) is 13.8 Å². The average molecular weight is 269 g/mol. The van der Waals surface area contributed by atoms with E-state index in [1.165, 1.54) is 0 Å². The maximum Gasteiger partial charge on any atom is 0.185 e. The van der Waals surface area contributed by atoms with Crippen molar-refractivity contribution in [2.24, 2.45) is 0 Å². The molecule has 0 aliphatic rings. The molecule has 104 valence electrons. The van der Waals surface area contributed by atoms with Gasteiger partial charge < -0.3 is 10.1 Å². The lowest BCUT2D eigenvalue weighted by Crippen LogP contribution is -2.15. The lowest BCUT2D eigenvalue weighted by molar-refractivity contribution is 0.100. The third kappa shape index (κ3) is 2.99. The standard InChI is InChI=1S/C17H19NO2/c1-12-9-10-15(17(20-3)13(12)2)16(19)11-18-14-7-5-4-6-8-14/h4-10,18H,11H2,1-3H3. The number of methoxy groups -OCH3 is 1. The zero-order valence-electron chi connectivity index (χ0n) is 12.1. The zero-order chi connectivity index (χ0) is 14.5. The largest absolute Gasteiger partial charge is 0.496 e. The van der Waals surface area contributed by atoms with Crippen LogP contribution >= 0.6 is 0 Å². The molecule has 0 aliphatic carbocycles. The summed E-state index contributed by atoms with van der Waals surface area (Å²) in [6.45, 7) is 4.23. The highest BCUT2D eigenvalue weighted by atomic mass is 16.5. The van der Waals surface area contributed by atoms with Crippen LogP contribution in [-0.2, 0) is 0 Å². The average Bonchev–Trinajstić information content (AvgIpc) is 2.48. The molecule has 2 rings (SSSR count). The van der Waals surface area contributed by atoms with Crippen molar-refractivity contribution in [2.75, 3.05) is 19.0 Å². The Morgan fingerprint density at radius 3 is 2.45 bits per heavy atom. The van der Waals surface area contributed by atoms with Crippen molar-refractivity contribution in [3.63, 3.8) is 0 Å². The number of carbonyl (C=O) groups is 1. The highest BCUT2D eigenvalue weighted by Gasteiger charge is 2.15. The van der Waals surface area contributed by atoms with Gasteiger partial charge in [0.15, 0.2) is 5.78 Å². The van der Waals surface area contributed by atoms with Crippen molar-refractivity contribution < 1.29 is 9.53 Å². The molecule has 0 heterocycles. The van der Waals surface area contributed by atoms with Gasteiger partial charge in [-0.2, -0.15) is 0 Å². The van der Waals surface area contributed by atoms with Gasteiger partial charge in [-0.05, 0) is 43.2 Å². The van der Waals surface area contributed by atoms with Crippen LogP contribution in [-0.4, -0.2) is 19.4 Å². The summed E-state index contributed by atoms with van der Waals surface area (Å²) in [5.41, 5.74) is 3.69. The predicted molar refractivity (Wildman–Crippen MR) is 81.7 cm³/mol. The number of ketones is 1. The smallest absolute Gasteiger partial charge is 0.185 e. The third-order valence-electron chi connectivity index (χ3n) is 3.41. The summed E-state index contributed by atoms with van der Waals surface area (Å²) in [6, 6.07) is 13.5. The zero-order valence-corrected chi connectivity index (χ0v) is 12.1. The van der Waals surface area contributed by atoms with Crippen molar-refractivity contribution in [1.29, 1.82) is 0 Å². The number of para-hydroxylation sites is 1. The van der Waals surface area contributed by atoms with E-state index in [9.17, 15) is 4.79 Å². The first-order valence-corrected chi connectivity index (χ1v) is 6.59. The van der Waals surface area contributed by atoms with Crippen LogP contribution in [0.2, 0.25) is 0 Å². The molecule has 0 saturated carbocycles. The Kier molecular flexibility index (Phi) is 4.41. The molecule has 2 aromatic carbocycles. The summed E-state index contributed by atoms with van der Waals surface area (Å²) in [7, 11) is 1.60. The lowest BCUT2D eigenvalue weighted by atomic mass is 10.0. The Morgan fingerprint density at radius 1 is 1.10 bits per heavy atom. The summed E-state index contributed by atoms with van der Waals surface area (Å²) >= 11 is 0. The minimum absolute atomic E-state index is 0.0220. The van der Waals surface area contributed by atoms with Gasteiger partial charge in [0.05, 0.1) is 19.2 Å². The molecule has 0 saturated heterocycles. The summed E-state index contributed by atoms with van der Waals surface area (Å²) in [5.74, 6) is 0.693. The molecule has 0 aromatic heterocycles. The van der Waals surface area contributed by atoms with Crippen molar-refractivity contribution in [3.05, 3.63) is 59.2 Å². The predicted octanol–water partition coefficient (Wildman–Crippen LogP) is 3.61. The number of carbonyl (C=O) groups excluding carboxylic acids is 1. The number of anilines is 1. The van der Waals surface area contributed by atoms with E-state index in [-0.39, 0.29) is 12.3 Å². The fourth-order valence-corrected chi connectivity index (χ4v) is 2.11. The number of Topliss-reactive ketones (excluding diaryl/α,β-unsaturated/α-hetero) is 1. The molecule has 0 bridgehead atoms. The monoisotopic (exact) mass is 269 g/mol. The number of hydrogen-bond donors (Lipinski definition) is 1. The Balaban J connectivity index is 2.16. The number of nitrogens with one attached hydrogen (secondary N) is 1. The van der Waals surface area contributed by atoms with E-state index < -0.39 is 0 Å². The van der Waals surface area contributed by atoms with Gasteiger partial charge in [0.25, 0.3) is 0 Å². The van der Waals surface area contributed by atoms with E-state index in [4.69, 9.17) is 4.74 Å². The topological polar surface area (TPSA) is 38.3 Å². The lowest BCUT2D eigenvalue weighted by Gasteiger charge is -2.13. The number of hydrogen-bond acceptors (Lipinski definition) is 3. The minimum Gasteiger partial charge on any atom is -0.496 e. The highest BCUT2D eigenvalue weighted by molar-refractivity contribution is 6.01. The third-order valence-corrected chi connectivity index (χ3v) is 3.41. The van der Waals surface area contributed by atoms with Gasteiger partial charge in [0.2, 0.25) is 0 Å². The summed E-state index contributed by atoms with van der Waals surface area (Å²) in [4.78, 5) is 12.3. The fourth-order valence-electron chi connectivity index (χ4n) is 2.11. The van der Waals surface area contributed by atoms with E-state index in [1.807, 2.05) is 56.3 Å². The van der Waals surface area contributed by atoms with Crippen LogP contribution in [0.5, 0.6) is 5.75 Å². The van der Waals surface area contributed by atoms with Gasteiger partial charge in [-0.1, -0.05) is 24.3 Å². The van der Waals surface area contributed by atoms with Gasteiger partial charge in [-0.25, -0.2) is 0 Å². The molecular formula is C17H19NO2. The molecule has 20 heavy (non-hydrogen) atoms. The Hall–Kier alpha value is -2.29. The van der Waals surface area contributed by atoms with E-state index >= 15 is 0 Å². The van der Waals surface area contributed by atoms with Crippen molar-refractivity contribution in [3.8, 4) is 5.75 Å². The van der Waals surface area contributed by atoms with E-state index in [2.05, 4.69) is 5.32 Å². The van der Waals surface area contributed by atoms with Gasteiger partial charge in [-0.3, -0.25) is 4.79 Å². The van der Waals surface area contributed by atoms with Crippen LogP contribution in [0, 0.1) is 13.8 Å². The fraction of sp³-hybridized carbons (Fsp3) is 0.235. The maximum absolute atomic E-state index is 12.3. The summed E-state index contributed by atoms with van der Waals surface area (Å²) < 4.78 is 5.38. The van der Waals surface area contributed by atoms with Gasteiger partial charge >= 0.3 is 0 Å². The highest BCUT2D eigenvalue weighted by Crippen LogP contribution is 2.26. The first-order chi connectivity index (χ1) is 9.63. The first kappa shape index (κ1) is 14.1. The molecule has 3 heteroatoms. The molecule has 2 aromatic rings. The van der Waals surface area contributed by atoms with Crippen molar-refractivity contribution >= 4 is 11.5 Å². The first-order valence-electron chi connectivity index (χ1n) is 6.59. The molecule has 1 N–H and O–H groups in total. The van der Waals surface area contributed by atoms with E-state index in [0.717, 1.165) is 16.8 Å². The Labute approximate surface area is 119 Å². The van der Waals surface area contributed by atoms with Crippen LogP contribution in [0.3, 0.4) is 0 Å². The SMILES string of the molecule is COc1c(C(=O)CNc2ccccc2)ccc(C)c1C. The quantitative estimate of drug-likeness (QED) is 0.843. The van der Waals surface area contributed by atoms with Gasteiger partial charge in [-0.15, -0.1) is 0 Å².